The highest BCUT2D eigenvalue weighted by atomic mass is 32.1. The van der Waals surface area contributed by atoms with Crippen LogP contribution in [-0.2, 0) is 0 Å². The van der Waals surface area contributed by atoms with Gasteiger partial charge in [0.1, 0.15) is 0 Å². The molecule has 0 radical (unpaired) electrons. The standard InChI is InChI=1S/C3H8O2S/c1-2-6-3(4)5/h4-6H,2H2,1H3. The molecule has 0 aliphatic heterocycles. The molecule has 0 aromatic carbocycles. The van der Waals surface area contributed by atoms with E-state index < -0.39 is 5.24 Å². The number of rotatable bonds is 1. The monoisotopic (exact) mass is 108 g/mol. The highest BCUT2D eigenvalue weighted by molar-refractivity contribution is 7.98. The van der Waals surface area contributed by atoms with E-state index in [1.54, 1.807) is 0 Å². The van der Waals surface area contributed by atoms with Crippen molar-refractivity contribution in [2.45, 2.75) is 6.92 Å². The lowest BCUT2D eigenvalue weighted by Crippen LogP contribution is -1.86. The molecule has 2 N–H and O–H groups in total. The van der Waals surface area contributed by atoms with Gasteiger partial charge in [-0.25, -0.2) is 0 Å². The molecule has 0 spiro atoms. The molecule has 0 aliphatic carbocycles. The topological polar surface area (TPSA) is 40.5 Å². The molecule has 3 heteroatoms. The minimum atomic E-state index is -0.488. The summed E-state index contributed by atoms with van der Waals surface area (Å²) in [6.45, 7) is 1.87. The molecule has 0 unspecified atom stereocenters. The molecule has 0 saturated heterocycles. The van der Waals surface area contributed by atoms with Gasteiger partial charge in [-0.1, -0.05) is 6.92 Å². The molecule has 38 valence electrons. The van der Waals surface area contributed by atoms with Gasteiger partial charge in [0.15, 0.2) is 0 Å². The number of hydrogen-bond donors (Lipinski definition) is 3. The maximum absolute atomic E-state index is 8.01. The molecule has 2 nitrogen and oxygen atoms in total. The van der Waals surface area contributed by atoms with E-state index in [4.69, 9.17) is 10.2 Å². The van der Waals surface area contributed by atoms with Crippen LogP contribution >= 0.6 is 11.4 Å². The van der Waals surface area contributed by atoms with E-state index in [2.05, 4.69) is 0 Å². The minimum Gasteiger partial charge on any atom is -0.337 e. The molecule has 0 rings (SSSR count). The first-order chi connectivity index (χ1) is 2.77. The average molecular weight is 108 g/mol. The van der Waals surface area contributed by atoms with E-state index in [-0.39, 0.29) is 0 Å². The van der Waals surface area contributed by atoms with Crippen LogP contribution in [-0.4, -0.2) is 21.2 Å². The summed E-state index contributed by atoms with van der Waals surface area (Å²) < 4.78 is 0. The molecule has 0 aromatic rings. The molecule has 0 bridgehead atoms. The van der Waals surface area contributed by atoms with Gasteiger partial charge in [0, 0.05) is 0 Å². The Morgan fingerprint density at radius 3 is 2.17 bits per heavy atom. The van der Waals surface area contributed by atoms with Crippen LogP contribution in [0, 0.1) is 0 Å². The van der Waals surface area contributed by atoms with Crippen LogP contribution in [0.25, 0.3) is 0 Å². The fraction of sp³-hybridized carbons (Fsp3) is 0.667. The summed E-state index contributed by atoms with van der Waals surface area (Å²) in [5, 5.41) is 15.5. The Morgan fingerprint density at radius 2 is 2.17 bits per heavy atom. The second-order valence-electron chi connectivity index (χ2n) is 0.774. The van der Waals surface area contributed by atoms with E-state index in [1.165, 1.54) is 0 Å². The zero-order valence-corrected chi connectivity index (χ0v) is 4.44. The molecule has 6 heavy (non-hydrogen) atoms. The van der Waals surface area contributed by atoms with E-state index in [0.717, 1.165) is 5.75 Å². The fourth-order valence-electron chi connectivity index (χ4n) is 0.141. The third-order valence-corrected chi connectivity index (χ3v) is 0.899. The third-order valence-electron chi connectivity index (χ3n) is 0.300. The Kier molecular flexibility index (Phi) is 3.41. The van der Waals surface area contributed by atoms with Gasteiger partial charge in [0.2, 0.25) is 5.24 Å². The predicted molar refractivity (Wildman–Crippen MR) is 29.8 cm³/mol. The summed E-state index contributed by atoms with van der Waals surface area (Å²) in [7, 11) is 0. The van der Waals surface area contributed by atoms with Crippen LogP contribution in [0.3, 0.4) is 0 Å². The maximum atomic E-state index is 8.01. The van der Waals surface area contributed by atoms with Crippen LogP contribution in [0.1, 0.15) is 6.92 Å². The van der Waals surface area contributed by atoms with Crippen LogP contribution in [0.15, 0.2) is 0 Å². The van der Waals surface area contributed by atoms with Gasteiger partial charge in [0.25, 0.3) is 0 Å². The first-order valence-corrected chi connectivity index (χ1v) is 2.77. The van der Waals surface area contributed by atoms with Gasteiger partial charge in [-0.3, -0.25) is 0 Å². The van der Waals surface area contributed by atoms with Crippen molar-refractivity contribution in [3.63, 3.8) is 0 Å². The summed E-state index contributed by atoms with van der Waals surface area (Å²) in [4.78, 5) is 0. The summed E-state index contributed by atoms with van der Waals surface area (Å²) in [6, 6.07) is 0. The molecular weight excluding hydrogens is 100 g/mol. The number of aliphatic hydroxyl groups excluding tert-OH is 1. The number of hydrogen-bond acceptors (Lipinski definition) is 0. The molecule has 0 saturated carbocycles. The van der Waals surface area contributed by atoms with Crippen molar-refractivity contribution in [2.75, 3.05) is 5.75 Å². The van der Waals surface area contributed by atoms with Crippen LogP contribution in [0.5, 0.6) is 0 Å². The Balaban J connectivity index is 3.14. The molecule has 0 fully saturated rings. The zero-order valence-electron chi connectivity index (χ0n) is 3.55. The Hall–Kier alpha value is 0.140. The fourth-order valence-corrected chi connectivity index (χ4v) is 0.424. The Morgan fingerprint density at radius 1 is 1.67 bits per heavy atom. The van der Waals surface area contributed by atoms with E-state index in [9.17, 15) is 0 Å². The SMILES string of the molecule is CC[SH]=C(O)O. The molecular formula is C3H8O2S. The minimum absolute atomic E-state index is 0.488. The predicted octanol–water partition coefficient (Wildman–Crippen LogP) is 0.675. The first kappa shape index (κ1) is 6.14. The molecule has 0 amide bonds. The normalized spacial score (nSPS) is 8.50. The maximum Gasteiger partial charge on any atom is 0.202 e. The van der Waals surface area contributed by atoms with E-state index in [0.29, 0.717) is 11.4 Å². The van der Waals surface area contributed by atoms with Crippen molar-refractivity contribution in [1.29, 1.82) is 0 Å². The van der Waals surface area contributed by atoms with Gasteiger partial charge in [-0.15, -0.1) is 11.4 Å². The van der Waals surface area contributed by atoms with Gasteiger partial charge in [0.05, 0.1) is 0 Å². The highest BCUT2D eigenvalue weighted by Crippen LogP contribution is 1.81. The van der Waals surface area contributed by atoms with Crippen molar-refractivity contribution in [3.05, 3.63) is 0 Å². The van der Waals surface area contributed by atoms with E-state index >= 15 is 0 Å². The molecule has 0 aliphatic rings. The van der Waals surface area contributed by atoms with Gasteiger partial charge < -0.3 is 10.2 Å². The summed E-state index contributed by atoms with van der Waals surface area (Å²) in [6.07, 6.45) is 0. The Bertz CT molecular complexity index is 55.8. The second-order valence-corrected chi connectivity index (χ2v) is 2.12. The first-order valence-electron chi connectivity index (χ1n) is 1.69. The summed E-state index contributed by atoms with van der Waals surface area (Å²) >= 11 is 0.606. The zero-order chi connectivity index (χ0) is 4.99. The van der Waals surface area contributed by atoms with Crippen molar-refractivity contribution >= 4 is 16.6 Å². The van der Waals surface area contributed by atoms with Gasteiger partial charge in [-0.2, -0.15) is 0 Å². The smallest absolute Gasteiger partial charge is 0.202 e. The second kappa shape index (κ2) is 3.33. The third kappa shape index (κ3) is 4.14. The number of thiol groups is 1. The number of aliphatic hydroxyl groups is 2. The van der Waals surface area contributed by atoms with Gasteiger partial charge in [-0.05, 0) is 5.75 Å². The molecule has 0 aromatic heterocycles. The lowest BCUT2D eigenvalue weighted by atomic mass is 11.0. The molecule has 0 atom stereocenters. The molecule has 0 heterocycles. The van der Waals surface area contributed by atoms with E-state index in [1.807, 2.05) is 6.92 Å². The summed E-state index contributed by atoms with van der Waals surface area (Å²) in [5.41, 5.74) is 0. The van der Waals surface area contributed by atoms with Gasteiger partial charge >= 0.3 is 0 Å². The van der Waals surface area contributed by atoms with Crippen LogP contribution in [0.4, 0.5) is 0 Å². The Labute approximate surface area is 40.4 Å². The van der Waals surface area contributed by atoms with Crippen LogP contribution in [0.2, 0.25) is 0 Å². The average Bonchev–Trinajstić information content (AvgIpc) is 1.35. The van der Waals surface area contributed by atoms with Crippen molar-refractivity contribution in [1.82, 2.24) is 0 Å². The van der Waals surface area contributed by atoms with Crippen molar-refractivity contribution < 1.29 is 10.2 Å². The van der Waals surface area contributed by atoms with Crippen LogP contribution < -0.4 is 0 Å². The lowest BCUT2D eigenvalue weighted by molar-refractivity contribution is 0.385. The quantitative estimate of drug-likeness (QED) is 0.341. The summed E-state index contributed by atoms with van der Waals surface area (Å²) in [5.74, 6) is 0.766. The van der Waals surface area contributed by atoms with Crippen molar-refractivity contribution in [2.24, 2.45) is 0 Å². The van der Waals surface area contributed by atoms with Crippen molar-refractivity contribution in [3.8, 4) is 0 Å². The largest absolute Gasteiger partial charge is 0.337 e. The highest BCUT2D eigenvalue weighted by Gasteiger charge is 1.70. The lowest BCUT2D eigenvalue weighted by Gasteiger charge is -1.79.